The third kappa shape index (κ3) is 3.46. The molecule has 0 aromatic heterocycles. The smallest absolute Gasteiger partial charge is 0.238 e. The van der Waals surface area contributed by atoms with E-state index < -0.39 is 0 Å². The fourth-order valence-corrected chi connectivity index (χ4v) is 3.50. The van der Waals surface area contributed by atoms with E-state index in [0.29, 0.717) is 30.2 Å². The first-order valence-electron chi connectivity index (χ1n) is 8.15. The van der Waals surface area contributed by atoms with Gasteiger partial charge in [-0.15, -0.1) is 0 Å². The SMILES string of the molecule is COc1ccc(OC)c(NC(=O)CN2C3CCC2CC(=O)NC3)c1. The second kappa shape index (κ2) is 7.09. The molecular weight excluding hydrogens is 310 g/mol. The molecule has 2 aliphatic rings. The van der Waals surface area contributed by atoms with Crippen LogP contribution >= 0.6 is 0 Å². The number of nitrogens with one attached hydrogen (secondary N) is 2. The molecule has 1 aromatic carbocycles. The molecule has 3 rings (SSSR count). The highest BCUT2D eigenvalue weighted by atomic mass is 16.5. The lowest BCUT2D eigenvalue weighted by Crippen LogP contribution is -2.42. The van der Waals surface area contributed by atoms with E-state index in [-0.39, 0.29) is 30.4 Å². The number of rotatable bonds is 5. The zero-order valence-corrected chi connectivity index (χ0v) is 14.0. The van der Waals surface area contributed by atoms with Crippen LogP contribution in [0, 0.1) is 0 Å². The summed E-state index contributed by atoms with van der Waals surface area (Å²) < 4.78 is 10.5. The summed E-state index contributed by atoms with van der Waals surface area (Å²) in [6, 6.07) is 5.65. The number of benzene rings is 1. The Morgan fingerprint density at radius 3 is 2.83 bits per heavy atom. The average molecular weight is 333 g/mol. The van der Waals surface area contributed by atoms with E-state index in [2.05, 4.69) is 15.5 Å². The highest BCUT2D eigenvalue weighted by Crippen LogP contribution is 2.30. The summed E-state index contributed by atoms with van der Waals surface area (Å²) in [5, 5.41) is 5.81. The number of carbonyl (C=O) groups is 2. The van der Waals surface area contributed by atoms with Crippen LogP contribution in [0.2, 0.25) is 0 Å². The second-order valence-corrected chi connectivity index (χ2v) is 6.18. The van der Waals surface area contributed by atoms with Gasteiger partial charge in [-0.3, -0.25) is 14.5 Å². The first kappa shape index (κ1) is 16.6. The van der Waals surface area contributed by atoms with E-state index in [1.807, 2.05) is 0 Å². The van der Waals surface area contributed by atoms with Crippen molar-refractivity contribution in [3.8, 4) is 11.5 Å². The van der Waals surface area contributed by atoms with Gasteiger partial charge in [0, 0.05) is 31.1 Å². The van der Waals surface area contributed by atoms with Crippen molar-refractivity contribution in [2.45, 2.75) is 31.3 Å². The van der Waals surface area contributed by atoms with Gasteiger partial charge in [0.1, 0.15) is 11.5 Å². The van der Waals surface area contributed by atoms with Crippen molar-refractivity contribution in [3.05, 3.63) is 18.2 Å². The predicted molar refractivity (Wildman–Crippen MR) is 89.3 cm³/mol. The summed E-state index contributed by atoms with van der Waals surface area (Å²) in [6.07, 6.45) is 2.45. The van der Waals surface area contributed by atoms with Crippen molar-refractivity contribution in [2.24, 2.45) is 0 Å². The molecule has 7 nitrogen and oxygen atoms in total. The molecule has 7 heteroatoms. The van der Waals surface area contributed by atoms with Gasteiger partial charge in [0.25, 0.3) is 0 Å². The molecule has 2 atom stereocenters. The molecule has 1 aromatic rings. The molecule has 0 aliphatic carbocycles. The molecule has 0 saturated carbocycles. The van der Waals surface area contributed by atoms with Gasteiger partial charge in [0.15, 0.2) is 0 Å². The number of hydrogen-bond acceptors (Lipinski definition) is 5. The highest BCUT2D eigenvalue weighted by molar-refractivity contribution is 5.94. The third-order valence-corrected chi connectivity index (χ3v) is 4.73. The zero-order valence-electron chi connectivity index (χ0n) is 14.0. The minimum Gasteiger partial charge on any atom is -0.497 e. The molecule has 2 bridgehead atoms. The number of fused-ring (bicyclic) bond motifs is 2. The van der Waals surface area contributed by atoms with Gasteiger partial charge < -0.3 is 20.1 Å². The number of carbonyl (C=O) groups excluding carboxylic acids is 2. The topological polar surface area (TPSA) is 79.9 Å². The van der Waals surface area contributed by atoms with Gasteiger partial charge in [-0.2, -0.15) is 0 Å². The zero-order chi connectivity index (χ0) is 17.1. The van der Waals surface area contributed by atoms with Crippen molar-refractivity contribution in [2.75, 3.05) is 32.6 Å². The van der Waals surface area contributed by atoms with Gasteiger partial charge in [0.2, 0.25) is 11.8 Å². The maximum atomic E-state index is 12.5. The standard InChI is InChI=1S/C17H23N3O4/c1-23-13-5-6-15(24-2)14(8-13)19-17(22)10-20-11-3-4-12(20)9-18-16(21)7-11/h5-6,8,11-12H,3-4,7,9-10H2,1-2H3,(H,18,21)(H,19,22). The van der Waals surface area contributed by atoms with Crippen molar-refractivity contribution in [1.29, 1.82) is 0 Å². The maximum absolute atomic E-state index is 12.5. The van der Waals surface area contributed by atoms with Gasteiger partial charge in [0.05, 0.1) is 26.5 Å². The van der Waals surface area contributed by atoms with Crippen LogP contribution in [0.25, 0.3) is 0 Å². The molecular formula is C17H23N3O4. The number of amides is 2. The molecule has 2 N–H and O–H groups in total. The van der Waals surface area contributed by atoms with Crippen LogP contribution in [0.4, 0.5) is 5.69 Å². The average Bonchev–Trinajstić information content (AvgIpc) is 2.85. The summed E-state index contributed by atoms with van der Waals surface area (Å²) >= 11 is 0. The molecule has 130 valence electrons. The lowest BCUT2D eigenvalue weighted by Gasteiger charge is -2.26. The normalized spacial score (nSPS) is 23.3. The monoisotopic (exact) mass is 333 g/mol. The van der Waals surface area contributed by atoms with E-state index in [1.54, 1.807) is 32.4 Å². The Bertz CT molecular complexity index is 634. The number of methoxy groups -OCH3 is 2. The Balaban J connectivity index is 1.68. The highest BCUT2D eigenvalue weighted by Gasteiger charge is 2.38. The van der Waals surface area contributed by atoms with Gasteiger partial charge in [-0.1, -0.05) is 0 Å². The van der Waals surface area contributed by atoms with Crippen LogP contribution in [0.3, 0.4) is 0 Å². The van der Waals surface area contributed by atoms with Crippen LogP contribution in [-0.2, 0) is 9.59 Å². The van der Waals surface area contributed by atoms with E-state index in [0.717, 1.165) is 12.8 Å². The summed E-state index contributed by atoms with van der Waals surface area (Å²) in [5.74, 6) is 1.19. The summed E-state index contributed by atoms with van der Waals surface area (Å²) in [4.78, 5) is 26.3. The number of hydrogen-bond donors (Lipinski definition) is 2. The van der Waals surface area contributed by atoms with Crippen LogP contribution < -0.4 is 20.1 Å². The van der Waals surface area contributed by atoms with Crippen LogP contribution in [0.5, 0.6) is 11.5 Å². The van der Waals surface area contributed by atoms with Crippen molar-refractivity contribution in [3.63, 3.8) is 0 Å². The molecule has 2 unspecified atom stereocenters. The second-order valence-electron chi connectivity index (χ2n) is 6.18. The number of nitrogens with zero attached hydrogens (tertiary/aromatic N) is 1. The molecule has 2 amide bonds. The summed E-state index contributed by atoms with van der Waals surface area (Å²) in [5.41, 5.74) is 0.582. The molecule has 0 spiro atoms. The van der Waals surface area contributed by atoms with E-state index in [1.165, 1.54) is 0 Å². The van der Waals surface area contributed by atoms with Gasteiger partial charge >= 0.3 is 0 Å². The minimum atomic E-state index is -0.118. The van der Waals surface area contributed by atoms with E-state index >= 15 is 0 Å². The fraction of sp³-hybridized carbons (Fsp3) is 0.529. The Labute approximate surface area is 141 Å². The number of anilines is 1. The Kier molecular flexibility index (Phi) is 4.89. The van der Waals surface area contributed by atoms with Gasteiger partial charge in [-0.25, -0.2) is 0 Å². The van der Waals surface area contributed by atoms with Crippen LogP contribution in [0.15, 0.2) is 18.2 Å². The quantitative estimate of drug-likeness (QED) is 0.840. The lowest BCUT2D eigenvalue weighted by atomic mass is 10.1. The lowest BCUT2D eigenvalue weighted by molar-refractivity contribution is -0.122. The molecule has 2 aliphatic heterocycles. The van der Waals surface area contributed by atoms with Crippen molar-refractivity contribution >= 4 is 17.5 Å². The minimum absolute atomic E-state index is 0.0714. The molecule has 2 heterocycles. The number of ether oxygens (including phenoxy) is 2. The van der Waals surface area contributed by atoms with E-state index in [4.69, 9.17) is 9.47 Å². The Hall–Kier alpha value is -2.28. The molecule has 2 saturated heterocycles. The van der Waals surface area contributed by atoms with Crippen molar-refractivity contribution in [1.82, 2.24) is 10.2 Å². The summed E-state index contributed by atoms with van der Waals surface area (Å²) in [7, 11) is 3.14. The van der Waals surface area contributed by atoms with Crippen LogP contribution in [0.1, 0.15) is 19.3 Å². The molecule has 0 radical (unpaired) electrons. The largest absolute Gasteiger partial charge is 0.497 e. The van der Waals surface area contributed by atoms with Crippen LogP contribution in [-0.4, -0.2) is 56.1 Å². The van der Waals surface area contributed by atoms with Crippen molar-refractivity contribution < 1.29 is 19.1 Å². The predicted octanol–water partition coefficient (Wildman–Crippen LogP) is 0.995. The Morgan fingerprint density at radius 1 is 1.29 bits per heavy atom. The third-order valence-electron chi connectivity index (χ3n) is 4.73. The Morgan fingerprint density at radius 2 is 2.08 bits per heavy atom. The first-order valence-corrected chi connectivity index (χ1v) is 8.15. The summed E-state index contributed by atoms with van der Waals surface area (Å²) in [6.45, 7) is 0.885. The maximum Gasteiger partial charge on any atom is 0.238 e. The van der Waals surface area contributed by atoms with E-state index in [9.17, 15) is 9.59 Å². The van der Waals surface area contributed by atoms with Gasteiger partial charge in [-0.05, 0) is 25.0 Å². The first-order chi connectivity index (χ1) is 11.6. The molecule has 24 heavy (non-hydrogen) atoms. The molecule has 2 fully saturated rings. The fourth-order valence-electron chi connectivity index (χ4n) is 3.50.